The van der Waals surface area contributed by atoms with Gasteiger partial charge in [-0.3, -0.25) is 9.69 Å². The van der Waals surface area contributed by atoms with E-state index in [0.29, 0.717) is 12.5 Å². The molecule has 2 atom stereocenters. The number of nitrogens with one attached hydrogen (secondary N) is 1. The summed E-state index contributed by atoms with van der Waals surface area (Å²) in [5.74, 6) is -0.165. The van der Waals surface area contributed by atoms with Gasteiger partial charge in [0, 0.05) is 12.6 Å². The SMILES string of the molecule is CCC1CCCN(CC(=O)NCC(F)(F)F)C1CN. The first kappa shape index (κ1) is 16.2. The second-order valence-electron chi connectivity index (χ2n) is 4.98. The Kier molecular flexibility index (Phi) is 6.06. The summed E-state index contributed by atoms with van der Waals surface area (Å²) in [6.07, 6.45) is -1.36. The smallest absolute Gasteiger partial charge is 0.346 e. The van der Waals surface area contributed by atoms with Crippen LogP contribution in [0.15, 0.2) is 0 Å². The summed E-state index contributed by atoms with van der Waals surface area (Å²) in [5.41, 5.74) is 5.73. The van der Waals surface area contributed by atoms with E-state index in [1.54, 1.807) is 0 Å². The highest BCUT2D eigenvalue weighted by Crippen LogP contribution is 2.25. The highest BCUT2D eigenvalue weighted by molar-refractivity contribution is 5.78. The van der Waals surface area contributed by atoms with E-state index in [-0.39, 0.29) is 12.6 Å². The van der Waals surface area contributed by atoms with Crippen molar-refractivity contribution in [2.45, 2.75) is 38.4 Å². The molecule has 0 saturated carbocycles. The van der Waals surface area contributed by atoms with Gasteiger partial charge in [0.1, 0.15) is 6.54 Å². The Morgan fingerprint density at radius 3 is 2.68 bits per heavy atom. The zero-order valence-corrected chi connectivity index (χ0v) is 11.2. The molecular weight excluding hydrogens is 259 g/mol. The van der Waals surface area contributed by atoms with E-state index in [4.69, 9.17) is 5.73 Å². The molecular formula is C12H22F3N3O. The average molecular weight is 281 g/mol. The quantitative estimate of drug-likeness (QED) is 0.794. The summed E-state index contributed by atoms with van der Waals surface area (Å²) in [6, 6.07) is 0.0930. The molecule has 1 aliphatic rings. The number of halogens is 3. The van der Waals surface area contributed by atoms with Gasteiger partial charge in [0.25, 0.3) is 0 Å². The largest absolute Gasteiger partial charge is 0.405 e. The van der Waals surface area contributed by atoms with Crippen LogP contribution in [0.5, 0.6) is 0 Å². The van der Waals surface area contributed by atoms with Gasteiger partial charge < -0.3 is 11.1 Å². The van der Waals surface area contributed by atoms with Crippen LogP contribution in [0.4, 0.5) is 13.2 Å². The number of hydrogen-bond donors (Lipinski definition) is 2. The van der Waals surface area contributed by atoms with Gasteiger partial charge in [-0.05, 0) is 25.3 Å². The molecule has 1 amide bonds. The molecule has 1 rings (SSSR count). The highest BCUT2D eigenvalue weighted by atomic mass is 19.4. The normalized spacial score (nSPS) is 25.3. The molecule has 0 radical (unpaired) electrons. The predicted octanol–water partition coefficient (Wildman–Crippen LogP) is 1.11. The molecule has 0 aliphatic carbocycles. The van der Waals surface area contributed by atoms with Gasteiger partial charge in [0.15, 0.2) is 0 Å². The lowest BCUT2D eigenvalue weighted by Crippen LogP contribution is -2.53. The van der Waals surface area contributed by atoms with E-state index < -0.39 is 18.6 Å². The number of carbonyl (C=O) groups is 1. The van der Waals surface area contributed by atoms with Gasteiger partial charge in [-0.2, -0.15) is 13.2 Å². The molecule has 1 fully saturated rings. The second kappa shape index (κ2) is 7.09. The van der Waals surface area contributed by atoms with Crippen molar-refractivity contribution in [3.05, 3.63) is 0 Å². The van der Waals surface area contributed by atoms with E-state index in [1.807, 2.05) is 10.2 Å². The Hall–Kier alpha value is -0.820. The van der Waals surface area contributed by atoms with Gasteiger partial charge >= 0.3 is 6.18 Å². The van der Waals surface area contributed by atoms with Gasteiger partial charge in [0.05, 0.1) is 6.54 Å². The summed E-state index contributed by atoms with van der Waals surface area (Å²) >= 11 is 0. The molecule has 3 N–H and O–H groups in total. The molecule has 7 heteroatoms. The number of nitrogens with zero attached hydrogens (tertiary/aromatic N) is 1. The van der Waals surface area contributed by atoms with Crippen molar-refractivity contribution < 1.29 is 18.0 Å². The van der Waals surface area contributed by atoms with Crippen LogP contribution in [0.1, 0.15) is 26.2 Å². The van der Waals surface area contributed by atoms with Crippen molar-refractivity contribution in [3.8, 4) is 0 Å². The summed E-state index contributed by atoms with van der Waals surface area (Å²) < 4.78 is 36.0. The fourth-order valence-corrected chi connectivity index (χ4v) is 2.67. The number of likely N-dealkylation sites (tertiary alicyclic amines) is 1. The molecule has 1 heterocycles. The Labute approximate surface area is 111 Å². The third-order valence-electron chi connectivity index (χ3n) is 3.63. The minimum Gasteiger partial charge on any atom is -0.346 e. The first-order valence-electron chi connectivity index (χ1n) is 6.65. The van der Waals surface area contributed by atoms with E-state index in [9.17, 15) is 18.0 Å². The van der Waals surface area contributed by atoms with Crippen LogP contribution < -0.4 is 11.1 Å². The van der Waals surface area contributed by atoms with Crippen LogP contribution in [-0.4, -0.2) is 49.2 Å². The lowest BCUT2D eigenvalue weighted by Gasteiger charge is -2.40. The second-order valence-corrected chi connectivity index (χ2v) is 4.98. The van der Waals surface area contributed by atoms with E-state index >= 15 is 0 Å². The van der Waals surface area contributed by atoms with Crippen molar-refractivity contribution in [2.24, 2.45) is 11.7 Å². The third kappa shape index (κ3) is 5.36. The summed E-state index contributed by atoms with van der Waals surface area (Å²) in [6.45, 7) is 1.95. The highest BCUT2D eigenvalue weighted by Gasteiger charge is 2.32. The number of nitrogens with two attached hydrogens (primary N) is 1. The Bertz CT molecular complexity index is 296. The summed E-state index contributed by atoms with van der Waals surface area (Å²) in [4.78, 5) is 13.4. The Morgan fingerprint density at radius 1 is 1.47 bits per heavy atom. The van der Waals surface area contributed by atoms with Crippen LogP contribution >= 0.6 is 0 Å². The number of piperidine rings is 1. The van der Waals surface area contributed by atoms with Gasteiger partial charge in [-0.15, -0.1) is 0 Å². The fraction of sp³-hybridized carbons (Fsp3) is 0.917. The lowest BCUT2D eigenvalue weighted by molar-refractivity contribution is -0.139. The minimum absolute atomic E-state index is 0.00551. The minimum atomic E-state index is -4.36. The third-order valence-corrected chi connectivity index (χ3v) is 3.63. The number of rotatable bonds is 5. The van der Waals surface area contributed by atoms with Crippen molar-refractivity contribution >= 4 is 5.91 Å². The molecule has 0 bridgehead atoms. The summed E-state index contributed by atoms with van der Waals surface area (Å²) in [7, 11) is 0. The molecule has 112 valence electrons. The van der Waals surface area contributed by atoms with E-state index in [0.717, 1.165) is 25.8 Å². The van der Waals surface area contributed by atoms with Crippen molar-refractivity contribution in [1.29, 1.82) is 0 Å². The fourth-order valence-electron chi connectivity index (χ4n) is 2.67. The van der Waals surface area contributed by atoms with E-state index in [1.165, 1.54) is 0 Å². The molecule has 0 spiro atoms. The molecule has 0 aromatic carbocycles. The predicted molar refractivity (Wildman–Crippen MR) is 66.5 cm³/mol. The first-order valence-corrected chi connectivity index (χ1v) is 6.65. The molecule has 1 aliphatic heterocycles. The maximum absolute atomic E-state index is 12.0. The van der Waals surface area contributed by atoms with Gasteiger partial charge in [0.2, 0.25) is 5.91 Å². The lowest BCUT2D eigenvalue weighted by atomic mass is 9.87. The summed E-state index contributed by atoms with van der Waals surface area (Å²) in [5, 5.41) is 1.90. The maximum Gasteiger partial charge on any atom is 0.405 e. The van der Waals surface area contributed by atoms with Crippen LogP contribution in [0.25, 0.3) is 0 Å². The van der Waals surface area contributed by atoms with E-state index in [2.05, 4.69) is 6.92 Å². The molecule has 19 heavy (non-hydrogen) atoms. The Balaban J connectivity index is 2.47. The van der Waals surface area contributed by atoms with Crippen LogP contribution in [0.2, 0.25) is 0 Å². The van der Waals surface area contributed by atoms with Crippen LogP contribution in [0, 0.1) is 5.92 Å². The van der Waals surface area contributed by atoms with Crippen molar-refractivity contribution in [3.63, 3.8) is 0 Å². The standard InChI is InChI=1S/C12H22F3N3O/c1-2-9-4-3-5-18(10(9)6-16)7-11(19)17-8-12(13,14)15/h9-10H,2-8,16H2,1H3,(H,17,19). The number of alkyl halides is 3. The zero-order valence-electron chi connectivity index (χ0n) is 11.2. The molecule has 2 unspecified atom stereocenters. The average Bonchev–Trinajstić information content (AvgIpc) is 2.35. The number of hydrogen-bond acceptors (Lipinski definition) is 3. The number of amides is 1. The van der Waals surface area contributed by atoms with Gasteiger partial charge in [-0.25, -0.2) is 0 Å². The molecule has 4 nitrogen and oxygen atoms in total. The van der Waals surface area contributed by atoms with Crippen molar-refractivity contribution in [2.75, 3.05) is 26.2 Å². The van der Waals surface area contributed by atoms with Gasteiger partial charge in [-0.1, -0.05) is 13.3 Å². The Morgan fingerprint density at radius 2 is 2.16 bits per heavy atom. The zero-order chi connectivity index (χ0) is 14.5. The first-order chi connectivity index (χ1) is 8.87. The monoisotopic (exact) mass is 281 g/mol. The molecule has 0 aromatic rings. The van der Waals surface area contributed by atoms with Crippen LogP contribution in [-0.2, 0) is 4.79 Å². The molecule has 1 saturated heterocycles. The maximum atomic E-state index is 12.0. The van der Waals surface area contributed by atoms with Crippen molar-refractivity contribution in [1.82, 2.24) is 10.2 Å². The number of carbonyl (C=O) groups excluding carboxylic acids is 1. The van der Waals surface area contributed by atoms with Crippen LogP contribution in [0.3, 0.4) is 0 Å². The molecule has 0 aromatic heterocycles. The topological polar surface area (TPSA) is 58.4 Å².